The van der Waals surface area contributed by atoms with Gasteiger partial charge in [0.2, 0.25) is 0 Å². The Kier molecular flexibility index (Phi) is 3.08. The van der Waals surface area contributed by atoms with Crippen LogP contribution in [0.3, 0.4) is 0 Å². The summed E-state index contributed by atoms with van der Waals surface area (Å²) < 4.78 is 1.21. The number of halogens is 1. The summed E-state index contributed by atoms with van der Waals surface area (Å²) in [6.07, 6.45) is 4.41. The minimum atomic E-state index is 0.860. The molecule has 0 radical (unpaired) electrons. The molecule has 0 aromatic heterocycles. The first-order chi connectivity index (χ1) is 6.74. The van der Waals surface area contributed by atoms with Gasteiger partial charge in [0, 0.05) is 28.9 Å². The molecule has 1 aromatic carbocycles. The molecule has 0 unspecified atom stereocenters. The molecule has 2 nitrogen and oxygen atoms in total. The van der Waals surface area contributed by atoms with E-state index in [1.54, 1.807) is 0 Å². The molecule has 0 bridgehead atoms. The van der Waals surface area contributed by atoms with Gasteiger partial charge in [-0.3, -0.25) is 4.90 Å². The number of nitrogens with zero attached hydrogens (tertiary/aromatic N) is 1. The highest BCUT2D eigenvalue weighted by atomic mass is 127. The zero-order valence-corrected chi connectivity index (χ0v) is 10.1. The molecular weight excluding hydrogens is 287 g/mol. The van der Waals surface area contributed by atoms with Gasteiger partial charge in [-0.25, -0.2) is 0 Å². The lowest BCUT2D eigenvalue weighted by Gasteiger charge is -2.15. The van der Waals surface area contributed by atoms with Crippen molar-refractivity contribution in [1.29, 1.82) is 0 Å². The van der Waals surface area contributed by atoms with Crippen LogP contribution in [-0.4, -0.2) is 18.0 Å². The van der Waals surface area contributed by atoms with E-state index in [9.17, 15) is 0 Å². The Morgan fingerprint density at radius 1 is 1.21 bits per heavy atom. The van der Waals surface area contributed by atoms with Gasteiger partial charge in [0.1, 0.15) is 0 Å². The molecule has 1 aliphatic rings. The third-order valence-electron chi connectivity index (χ3n) is 2.28. The van der Waals surface area contributed by atoms with E-state index in [1.165, 1.54) is 9.13 Å². The van der Waals surface area contributed by atoms with Crippen molar-refractivity contribution >= 4 is 28.3 Å². The number of nitrogens with two attached hydrogens (primary N) is 1. The lowest BCUT2D eigenvalue weighted by atomic mass is 10.2. The molecule has 1 heterocycles. The lowest BCUT2D eigenvalue weighted by Crippen LogP contribution is -2.19. The molecule has 0 fully saturated rings. The number of hydrogen-bond acceptors (Lipinski definition) is 2. The largest absolute Gasteiger partial charge is 0.399 e. The SMILES string of the molecule is Nc1cc(I)cc(CN2CC=CC2)c1. The van der Waals surface area contributed by atoms with Crippen LogP contribution in [0.1, 0.15) is 5.56 Å². The Hall–Kier alpha value is -0.550. The van der Waals surface area contributed by atoms with Gasteiger partial charge in [0.25, 0.3) is 0 Å². The maximum Gasteiger partial charge on any atom is 0.0327 e. The molecule has 0 amide bonds. The molecule has 0 saturated carbocycles. The van der Waals surface area contributed by atoms with E-state index in [-0.39, 0.29) is 0 Å². The fourth-order valence-electron chi connectivity index (χ4n) is 1.68. The second-order valence-corrected chi connectivity index (χ2v) is 4.80. The van der Waals surface area contributed by atoms with E-state index >= 15 is 0 Å². The third kappa shape index (κ3) is 2.48. The zero-order chi connectivity index (χ0) is 9.97. The van der Waals surface area contributed by atoms with Gasteiger partial charge in [-0.2, -0.15) is 0 Å². The van der Waals surface area contributed by atoms with Gasteiger partial charge < -0.3 is 5.73 Å². The van der Waals surface area contributed by atoms with Crippen molar-refractivity contribution < 1.29 is 0 Å². The van der Waals surface area contributed by atoms with Crippen LogP contribution >= 0.6 is 22.6 Å². The van der Waals surface area contributed by atoms with Crippen LogP contribution in [0.25, 0.3) is 0 Å². The van der Waals surface area contributed by atoms with Crippen LogP contribution < -0.4 is 5.73 Å². The number of hydrogen-bond donors (Lipinski definition) is 1. The van der Waals surface area contributed by atoms with Crippen molar-refractivity contribution in [3.8, 4) is 0 Å². The van der Waals surface area contributed by atoms with Crippen LogP contribution in [0.5, 0.6) is 0 Å². The van der Waals surface area contributed by atoms with E-state index in [0.717, 1.165) is 25.3 Å². The Morgan fingerprint density at radius 2 is 1.93 bits per heavy atom. The quantitative estimate of drug-likeness (QED) is 0.516. The zero-order valence-electron chi connectivity index (χ0n) is 7.91. The number of rotatable bonds is 2. The summed E-state index contributed by atoms with van der Waals surface area (Å²) in [6, 6.07) is 6.24. The number of benzene rings is 1. The van der Waals surface area contributed by atoms with Crippen molar-refractivity contribution in [2.45, 2.75) is 6.54 Å². The minimum Gasteiger partial charge on any atom is -0.399 e. The maximum atomic E-state index is 5.79. The Morgan fingerprint density at radius 3 is 2.57 bits per heavy atom. The van der Waals surface area contributed by atoms with Crippen molar-refractivity contribution in [2.75, 3.05) is 18.8 Å². The summed E-state index contributed by atoms with van der Waals surface area (Å²) in [5.74, 6) is 0. The van der Waals surface area contributed by atoms with Crippen LogP contribution in [-0.2, 0) is 6.54 Å². The molecule has 2 N–H and O–H groups in total. The molecule has 74 valence electrons. The maximum absolute atomic E-state index is 5.79. The summed E-state index contributed by atoms with van der Waals surface area (Å²) in [7, 11) is 0. The van der Waals surface area contributed by atoms with Crippen molar-refractivity contribution in [3.05, 3.63) is 39.5 Å². The molecule has 14 heavy (non-hydrogen) atoms. The molecular formula is C11H13IN2. The van der Waals surface area contributed by atoms with E-state index in [1.807, 2.05) is 6.07 Å². The fourth-order valence-corrected chi connectivity index (χ4v) is 2.44. The highest BCUT2D eigenvalue weighted by Gasteiger charge is 2.07. The predicted molar refractivity (Wildman–Crippen MR) is 68.0 cm³/mol. The average Bonchev–Trinajstić information content (AvgIpc) is 2.54. The van der Waals surface area contributed by atoms with Gasteiger partial charge in [0.05, 0.1) is 0 Å². The fraction of sp³-hybridized carbons (Fsp3) is 0.273. The number of nitrogen functional groups attached to an aromatic ring is 1. The standard InChI is InChI=1S/C11H13IN2/c12-10-5-9(6-11(13)7-10)8-14-3-1-2-4-14/h1-2,5-7H,3-4,8,13H2. The van der Waals surface area contributed by atoms with Gasteiger partial charge in [0.15, 0.2) is 0 Å². The summed E-state index contributed by atoms with van der Waals surface area (Å²) >= 11 is 2.30. The van der Waals surface area contributed by atoms with E-state index in [2.05, 4.69) is 51.8 Å². The molecule has 0 spiro atoms. The van der Waals surface area contributed by atoms with Crippen LogP contribution in [0, 0.1) is 3.57 Å². The topological polar surface area (TPSA) is 29.3 Å². The first-order valence-electron chi connectivity index (χ1n) is 4.66. The smallest absolute Gasteiger partial charge is 0.0327 e. The molecule has 3 heteroatoms. The second-order valence-electron chi connectivity index (χ2n) is 3.56. The summed E-state index contributed by atoms with van der Waals surface area (Å²) in [6.45, 7) is 3.12. The molecule has 2 rings (SSSR count). The Balaban J connectivity index is 2.08. The molecule has 1 aromatic rings. The Bertz CT molecular complexity index is 332. The van der Waals surface area contributed by atoms with Crippen LogP contribution in [0.15, 0.2) is 30.4 Å². The molecule has 0 aliphatic carbocycles. The highest BCUT2D eigenvalue weighted by molar-refractivity contribution is 14.1. The number of anilines is 1. The lowest BCUT2D eigenvalue weighted by molar-refractivity contribution is 0.345. The summed E-state index contributed by atoms with van der Waals surface area (Å²) in [5.41, 5.74) is 7.96. The van der Waals surface area contributed by atoms with E-state index in [4.69, 9.17) is 5.73 Å². The van der Waals surface area contributed by atoms with Crippen molar-refractivity contribution in [3.63, 3.8) is 0 Å². The van der Waals surface area contributed by atoms with Crippen LogP contribution in [0.2, 0.25) is 0 Å². The first-order valence-corrected chi connectivity index (χ1v) is 5.74. The normalized spacial score (nSPS) is 16.4. The average molecular weight is 300 g/mol. The minimum absolute atomic E-state index is 0.860. The Labute approximate surface area is 97.9 Å². The molecule has 0 saturated heterocycles. The molecule has 0 atom stereocenters. The third-order valence-corrected chi connectivity index (χ3v) is 2.90. The monoisotopic (exact) mass is 300 g/mol. The summed E-state index contributed by atoms with van der Waals surface area (Å²) in [4.78, 5) is 2.38. The van der Waals surface area contributed by atoms with Gasteiger partial charge >= 0.3 is 0 Å². The van der Waals surface area contributed by atoms with Crippen molar-refractivity contribution in [1.82, 2.24) is 4.90 Å². The predicted octanol–water partition coefficient (Wildman–Crippen LogP) is 2.25. The van der Waals surface area contributed by atoms with Gasteiger partial charge in [-0.15, -0.1) is 0 Å². The second kappa shape index (κ2) is 4.31. The highest BCUT2D eigenvalue weighted by Crippen LogP contribution is 2.16. The van der Waals surface area contributed by atoms with Gasteiger partial charge in [-0.1, -0.05) is 12.2 Å². The van der Waals surface area contributed by atoms with Crippen LogP contribution in [0.4, 0.5) is 5.69 Å². The first kappa shape index (κ1) is 9.98. The van der Waals surface area contributed by atoms with E-state index < -0.39 is 0 Å². The van der Waals surface area contributed by atoms with Gasteiger partial charge in [-0.05, 0) is 46.4 Å². The van der Waals surface area contributed by atoms with Crippen molar-refractivity contribution in [2.24, 2.45) is 0 Å². The summed E-state index contributed by atoms with van der Waals surface area (Å²) in [5, 5.41) is 0. The molecule has 1 aliphatic heterocycles. The van der Waals surface area contributed by atoms with E-state index in [0.29, 0.717) is 0 Å².